The summed E-state index contributed by atoms with van der Waals surface area (Å²) in [6.45, 7) is 0. The van der Waals surface area contributed by atoms with Crippen LogP contribution < -0.4 is 20.3 Å². The molecule has 0 saturated heterocycles. The van der Waals surface area contributed by atoms with Crippen LogP contribution in [-0.4, -0.2) is 28.8 Å². The molecule has 0 aliphatic rings. The fraction of sp³-hybridized carbons (Fsp3) is 0.0870. The molecule has 0 fully saturated rings. The van der Waals surface area contributed by atoms with Crippen molar-refractivity contribution in [2.24, 2.45) is 0 Å². The summed E-state index contributed by atoms with van der Waals surface area (Å²) in [6, 6.07) is 15.9. The minimum atomic E-state index is -0.289. The Morgan fingerprint density at radius 2 is 1.83 bits per heavy atom. The van der Waals surface area contributed by atoms with E-state index < -0.39 is 0 Å². The summed E-state index contributed by atoms with van der Waals surface area (Å²) in [6.07, 6.45) is 7.21. The molecule has 0 spiro atoms. The predicted molar refractivity (Wildman–Crippen MR) is 116 cm³/mol. The highest BCUT2D eigenvalue weighted by Gasteiger charge is 2.14. The second-order valence-electron chi connectivity index (χ2n) is 6.33. The van der Waals surface area contributed by atoms with Gasteiger partial charge in [-0.25, -0.2) is 4.98 Å². The van der Waals surface area contributed by atoms with Crippen molar-refractivity contribution in [2.75, 3.05) is 19.5 Å². The molecule has 7 nitrogen and oxygen atoms in total. The first-order valence-electron chi connectivity index (χ1n) is 9.08. The fourth-order valence-electron chi connectivity index (χ4n) is 3.13. The molecular weight excluding hydrogens is 380 g/mol. The molecule has 0 bridgehead atoms. The van der Waals surface area contributed by atoms with Crippen LogP contribution >= 0.6 is 0 Å². The van der Waals surface area contributed by atoms with Crippen LogP contribution in [-0.2, 0) is 0 Å². The van der Waals surface area contributed by atoms with Crippen LogP contribution in [0, 0.1) is 12.3 Å². The Hall–Kier alpha value is -4.31. The van der Waals surface area contributed by atoms with Crippen molar-refractivity contribution in [2.45, 2.75) is 0 Å². The van der Waals surface area contributed by atoms with E-state index in [4.69, 9.17) is 15.9 Å². The lowest BCUT2D eigenvalue weighted by Crippen LogP contribution is -2.20. The van der Waals surface area contributed by atoms with Gasteiger partial charge in [0.1, 0.15) is 11.5 Å². The van der Waals surface area contributed by atoms with Crippen LogP contribution in [0.4, 0.5) is 11.6 Å². The Morgan fingerprint density at radius 1 is 1.07 bits per heavy atom. The lowest BCUT2D eigenvalue weighted by atomic mass is 10.2. The van der Waals surface area contributed by atoms with E-state index in [1.54, 1.807) is 44.7 Å². The number of methoxy groups -OCH3 is 2. The molecule has 0 radical (unpaired) electrons. The minimum Gasteiger partial charge on any atom is -0.497 e. The summed E-state index contributed by atoms with van der Waals surface area (Å²) < 4.78 is 12.1. The number of para-hydroxylation sites is 2. The molecular formula is C23H18N4O3. The number of benzene rings is 2. The molecule has 0 aliphatic carbocycles. The quantitative estimate of drug-likeness (QED) is 0.518. The number of nitrogens with one attached hydrogen (secondary N) is 1. The van der Waals surface area contributed by atoms with E-state index in [2.05, 4.69) is 21.2 Å². The Kier molecular flexibility index (Phi) is 5.06. The average molecular weight is 398 g/mol. The molecule has 1 N–H and O–H groups in total. The van der Waals surface area contributed by atoms with Gasteiger partial charge in [0.2, 0.25) is 5.95 Å². The molecule has 7 heteroatoms. The molecule has 0 atom stereocenters. The molecule has 2 aromatic carbocycles. The number of rotatable bonds is 5. The first-order chi connectivity index (χ1) is 14.6. The van der Waals surface area contributed by atoms with Gasteiger partial charge >= 0.3 is 0 Å². The van der Waals surface area contributed by atoms with E-state index in [0.29, 0.717) is 45.4 Å². The number of anilines is 2. The maximum atomic E-state index is 12.9. The van der Waals surface area contributed by atoms with Gasteiger partial charge in [-0.15, -0.1) is 6.42 Å². The highest BCUT2D eigenvalue weighted by molar-refractivity contribution is 5.84. The molecule has 4 rings (SSSR count). The van der Waals surface area contributed by atoms with Crippen LogP contribution in [0.5, 0.6) is 11.5 Å². The third-order valence-electron chi connectivity index (χ3n) is 4.60. The molecule has 0 saturated carbocycles. The molecule has 0 aliphatic heterocycles. The van der Waals surface area contributed by atoms with Gasteiger partial charge in [0.15, 0.2) is 5.65 Å². The summed E-state index contributed by atoms with van der Waals surface area (Å²) in [5.74, 6) is 4.18. The number of terminal acetylenes is 1. The number of fused-ring (bicyclic) bond motifs is 1. The van der Waals surface area contributed by atoms with E-state index in [0.717, 1.165) is 0 Å². The lowest BCUT2D eigenvalue weighted by molar-refractivity contribution is 0.414. The summed E-state index contributed by atoms with van der Waals surface area (Å²) in [7, 11) is 3.17. The highest BCUT2D eigenvalue weighted by atomic mass is 16.5. The van der Waals surface area contributed by atoms with E-state index >= 15 is 0 Å². The number of nitrogens with zero attached hydrogens (tertiary/aromatic N) is 3. The lowest BCUT2D eigenvalue weighted by Gasteiger charge is -2.13. The largest absolute Gasteiger partial charge is 0.497 e. The topological polar surface area (TPSA) is 78.3 Å². The van der Waals surface area contributed by atoms with Gasteiger partial charge in [-0.1, -0.05) is 18.1 Å². The van der Waals surface area contributed by atoms with Crippen LogP contribution in [0.2, 0.25) is 0 Å². The van der Waals surface area contributed by atoms with Crippen LogP contribution in [0.3, 0.4) is 0 Å². The van der Waals surface area contributed by atoms with Crippen molar-refractivity contribution in [3.63, 3.8) is 0 Å². The van der Waals surface area contributed by atoms with Gasteiger partial charge in [0, 0.05) is 17.8 Å². The number of hydrogen-bond acceptors (Lipinski definition) is 6. The molecule has 0 unspecified atom stereocenters. The van der Waals surface area contributed by atoms with Crippen LogP contribution in [0.1, 0.15) is 5.56 Å². The van der Waals surface area contributed by atoms with E-state index in [9.17, 15) is 4.79 Å². The molecule has 2 heterocycles. The fourth-order valence-corrected chi connectivity index (χ4v) is 3.13. The Bertz CT molecular complexity index is 1320. The SMILES string of the molecule is C#Cc1cc(=O)n(-c2ccc(OC)cc2)c2nc(Nc3ccccc3OC)ncc12. The zero-order valence-electron chi connectivity index (χ0n) is 16.4. The van der Waals surface area contributed by atoms with Crippen LogP contribution in [0.15, 0.2) is 65.6 Å². The maximum absolute atomic E-state index is 12.9. The smallest absolute Gasteiger partial charge is 0.258 e. The first-order valence-corrected chi connectivity index (χ1v) is 9.08. The van der Waals surface area contributed by atoms with Crippen molar-refractivity contribution >= 4 is 22.7 Å². The molecule has 0 amide bonds. The van der Waals surface area contributed by atoms with Gasteiger partial charge in [-0.05, 0) is 36.4 Å². The highest BCUT2D eigenvalue weighted by Crippen LogP contribution is 2.27. The van der Waals surface area contributed by atoms with Crippen molar-refractivity contribution in [3.8, 4) is 29.5 Å². The van der Waals surface area contributed by atoms with E-state index in [-0.39, 0.29) is 5.56 Å². The predicted octanol–water partition coefficient (Wildman–Crippen LogP) is 3.52. The van der Waals surface area contributed by atoms with Crippen molar-refractivity contribution in [3.05, 3.63) is 76.7 Å². The summed E-state index contributed by atoms with van der Waals surface area (Å²) >= 11 is 0. The summed E-state index contributed by atoms with van der Waals surface area (Å²) in [5, 5.41) is 3.73. The Labute approximate surface area is 172 Å². The van der Waals surface area contributed by atoms with Gasteiger partial charge in [-0.3, -0.25) is 9.36 Å². The third kappa shape index (κ3) is 3.42. The van der Waals surface area contributed by atoms with Crippen molar-refractivity contribution < 1.29 is 9.47 Å². The molecule has 148 valence electrons. The van der Waals surface area contributed by atoms with Gasteiger partial charge in [-0.2, -0.15) is 4.98 Å². The van der Waals surface area contributed by atoms with E-state index in [1.165, 1.54) is 10.6 Å². The maximum Gasteiger partial charge on any atom is 0.258 e. The second kappa shape index (κ2) is 7.97. The molecule has 2 aromatic heterocycles. The normalized spacial score (nSPS) is 10.4. The van der Waals surface area contributed by atoms with Gasteiger partial charge < -0.3 is 14.8 Å². The van der Waals surface area contributed by atoms with Crippen LogP contribution in [0.25, 0.3) is 16.7 Å². The standard InChI is InChI=1S/C23H18N4O3/c1-4-15-13-21(28)27(16-9-11-17(29-2)12-10-16)22-18(15)14-24-23(26-22)25-19-7-5-6-8-20(19)30-3/h1,5-14H,2-3H3,(H,24,25,26). The van der Waals surface area contributed by atoms with Gasteiger partial charge in [0.25, 0.3) is 5.56 Å². The summed E-state index contributed by atoms with van der Waals surface area (Å²) in [4.78, 5) is 21.8. The number of ether oxygens (including phenoxy) is 2. The Morgan fingerprint density at radius 3 is 2.53 bits per heavy atom. The number of hydrogen-bond donors (Lipinski definition) is 1. The second-order valence-corrected chi connectivity index (χ2v) is 6.33. The first kappa shape index (κ1) is 19.0. The monoisotopic (exact) mass is 398 g/mol. The number of aromatic nitrogens is 3. The van der Waals surface area contributed by atoms with Crippen molar-refractivity contribution in [1.29, 1.82) is 0 Å². The zero-order chi connectivity index (χ0) is 21.1. The zero-order valence-corrected chi connectivity index (χ0v) is 16.4. The number of pyridine rings is 1. The van der Waals surface area contributed by atoms with E-state index in [1.807, 2.05) is 24.3 Å². The van der Waals surface area contributed by atoms with Gasteiger partial charge in [0.05, 0.1) is 31.0 Å². The Balaban J connectivity index is 1.90. The minimum absolute atomic E-state index is 0.289. The third-order valence-corrected chi connectivity index (χ3v) is 4.60. The average Bonchev–Trinajstić information content (AvgIpc) is 2.79. The molecule has 4 aromatic rings. The van der Waals surface area contributed by atoms with Crippen molar-refractivity contribution in [1.82, 2.24) is 14.5 Å². The summed E-state index contributed by atoms with van der Waals surface area (Å²) in [5.41, 5.74) is 1.88. The molecule has 30 heavy (non-hydrogen) atoms.